The number of hydrogen-bond acceptors (Lipinski definition) is 6. The third-order valence-corrected chi connectivity index (χ3v) is 14.7. The monoisotopic (exact) mass is 654 g/mol. The molecule has 0 heterocycles. The van der Waals surface area contributed by atoms with E-state index in [0.29, 0.717) is 0 Å². The Labute approximate surface area is 283 Å². The molecular weight excluding hydrogens is 592 g/mol. The Hall–Kier alpha value is -2.38. The van der Waals surface area contributed by atoms with Crippen molar-refractivity contribution in [2.24, 2.45) is 50.2 Å². The summed E-state index contributed by atoms with van der Waals surface area (Å²) in [6.07, 6.45) is 9.72. The fourth-order valence-corrected chi connectivity index (χ4v) is 11.7. The fourth-order valence-electron chi connectivity index (χ4n) is 11.7. The molecule has 5 aliphatic carbocycles. The third-order valence-electron chi connectivity index (χ3n) is 14.7. The summed E-state index contributed by atoms with van der Waals surface area (Å²) in [5.74, 6) is 0.234. The van der Waals surface area contributed by atoms with Crippen molar-refractivity contribution in [3.8, 4) is 0 Å². The zero-order chi connectivity index (χ0) is 35.2. The second-order valence-corrected chi connectivity index (χ2v) is 19.0. The van der Waals surface area contributed by atoms with E-state index in [1.54, 1.807) is 27.7 Å². The molecule has 4 saturated carbocycles. The predicted molar refractivity (Wildman–Crippen MR) is 182 cm³/mol. The molecule has 10 atom stereocenters. The molecule has 5 rings (SSSR count). The van der Waals surface area contributed by atoms with E-state index in [-0.39, 0.29) is 68.5 Å². The largest absolute Gasteiger partial charge is 0.469 e. The molecule has 0 aliphatic heterocycles. The van der Waals surface area contributed by atoms with Crippen molar-refractivity contribution < 1.29 is 28.7 Å². The fraction of sp³-hybridized carbons (Fsp3) is 0.846. The van der Waals surface area contributed by atoms with Crippen LogP contribution in [-0.4, -0.2) is 48.5 Å². The number of ether oxygens (including phenoxy) is 2. The molecule has 8 nitrogen and oxygen atoms in total. The van der Waals surface area contributed by atoms with E-state index in [2.05, 4.69) is 65.2 Å². The van der Waals surface area contributed by atoms with Gasteiger partial charge in [-0.05, 0) is 137 Å². The molecule has 0 spiro atoms. The molecule has 8 heteroatoms. The molecular formula is C39H62N2O6. The number of ketones is 1. The highest BCUT2D eigenvalue weighted by molar-refractivity contribution is 5.96. The summed E-state index contributed by atoms with van der Waals surface area (Å²) < 4.78 is 10.7. The number of amides is 2. The SMILES string of the molecule is COC(=O)[C@@]1(C)CC[C@]2(C)CC[C@]3(C)C(=CC(=O)[C@@H]4[C@@]5(C)CC[C@H](NC(=O)[C@H](C)NC(=O)OC(C)(C)C)C(C)(C)[C@@H]5CC[C@]43C)[C@@H]2C1. The number of carbonyl (C=O) groups excluding carboxylic acids is 4. The molecule has 0 unspecified atom stereocenters. The number of alkyl carbamates (subject to hydrolysis) is 1. The normalized spacial score (nSPS) is 43.1. The number of allylic oxidation sites excluding steroid dienone is 2. The van der Waals surface area contributed by atoms with Crippen LogP contribution in [0.4, 0.5) is 4.79 Å². The maximum atomic E-state index is 14.7. The van der Waals surface area contributed by atoms with Crippen molar-refractivity contribution in [1.29, 1.82) is 0 Å². The van der Waals surface area contributed by atoms with Gasteiger partial charge in [0.1, 0.15) is 11.6 Å². The lowest BCUT2D eigenvalue weighted by molar-refractivity contribution is -0.190. The van der Waals surface area contributed by atoms with Crippen LogP contribution in [0.1, 0.15) is 134 Å². The zero-order valence-electron chi connectivity index (χ0n) is 31.3. The van der Waals surface area contributed by atoms with Crippen LogP contribution >= 0.6 is 0 Å². The van der Waals surface area contributed by atoms with Crippen molar-refractivity contribution >= 4 is 23.8 Å². The molecule has 0 aromatic heterocycles. The van der Waals surface area contributed by atoms with Gasteiger partial charge in [-0.3, -0.25) is 14.4 Å². The minimum Gasteiger partial charge on any atom is -0.469 e. The first-order chi connectivity index (χ1) is 21.5. The summed E-state index contributed by atoms with van der Waals surface area (Å²) in [6, 6.07) is -0.806. The number of fused-ring (bicyclic) bond motifs is 7. The van der Waals surface area contributed by atoms with Crippen LogP contribution in [0.3, 0.4) is 0 Å². The van der Waals surface area contributed by atoms with Gasteiger partial charge in [-0.25, -0.2) is 4.79 Å². The molecule has 0 radical (unpaired) electrons. The molecule has 2 amide bonds. The van der Waals surface area contributed by atoms with E-state index in [4.69, 9.17) is 9.47 Å². The minimum absolute atomic E-state index is 0.0747. The van der Waals surface area contributed by atoms with Crippen LogP contribution in [0.25, 0.3) is 0 Å². The second-order valence-electron chi connectivity index (χ2n) is 19.0. The first-order valence-electron chi connectivity index (χ1n) is 18.1. The van der Waals surface area contributed by atoms with Crippen molar-refractivity contribution in [3.63, 3.8) is 0 Å². The highest BCUT2D eigenvalue weighted by Crippen LogP contribution is 2.75. The topological polar surface area (TPSA) is 111 Å². The van der Waals surface area contributed by atoms with Gasteiger partial charge in [-0.1, -0.05) is 47.1 Å². The highest BCUT2D eigenvalue weighted by atomic mass is 16.6. The molecule has 5 aliphatic rings. The molecule has 0 bridgehead atoms. The first kappa shape index (κ1) is 35.9. The van der Waals surface area contributed by atoms with Gasteiger partial charge in [0.05, 0.1) is 12.5 Å². The van der Waals surface area contributed by atoms with Crippen LogP contribution in [0.5, 0.6) is 0 Å². The summed E-state index contributed by atoms with van der Waals surface area (Å²) in [4.78, 5) is 53.4. The Morgan fingerprint density at radius 3 is 2.17 bits per heavy atom. The smallest absolute Gasteiger partial charge is 0.408 e. The third kappa shape index (κ3) is 5.56. The molecule has 4 fully saturated rings. The van der Waals surface area contributed by atoms with Gasteiger partial charge in [0.2, 0.25) is 5.91 Å². The first-order valence-corrected chi connectivity index (χ1v) is 18.1. The van der Waals surface area contributed by atoms with Crippen LogP contribution in [0.2, 0.25) is 0 Å². The second kappa shape index (κ2) is 11.3. The zero-order valence-corrected chi connectivity index (χ0v) is 31.3. The van der Waals surface area contributed by atoms with Gasteiger partial charge < -0.3 is 20.1 Å². The summed E-state index contributed by atoms with van der Waals surface area (Å²) in [5, 5.41) is 5.97. The molecule has 0 aromatic carbocycles. The maximum absolute atomic E-state index is 14.7. The number of nitrogens with one attached hydrogen (secondary N) is 2. The van der Waals surface area contributed by atoms with E-state index in [0.717, 1.165) is 57.8 Å². The summed E-state index contributed by atoms with van der Waals surface area (Å²) in [6.45, 7) is 23.2. The molecule has 0 aromatic rings. The Bertz CT molecular complexity index is 1360. The van der Waals surface area contributed by atoms with Crippen molar-refractivity contribution in [3.05, 3.63) is 11.6 Å². The summed E-state index contributed by atoms with van der Waals surface area (Å²) in [7, 11) is 1.49. The number of methoxy groups -OCH3 is 1. The Kier molecular flexibility index (Phi) is 8.66. The Balaban J connectivity index is 1.41. The average Bonchev–Trinajstić information content (AvgIpc) is 2.94. The van der Waals surface area contributed by atoms with E-state index < -0.39 is 23.2 Å². The molecule has 47 heavy (non-hydrogen) atoms. The Morgan fingerprint density at radius 1 is 0.915 bits per heavy atom. The van der Waals surface area contributed by atoms with Gasteiger partial charge in [-0.15, -0.1) is 0 Å². The number of rotatable bonds is 4. The standard InChI is InChI=1S/C39H62N2O6/c1-23(40-32(45)47-33(2,3)4)30(43)41-28-14-15-37(9)27(34(28,5)6)13-16-39(11)29(37)26(42)21-24-25-22-36(8,31(44)46-12)18-17-35(25,7)19-20-38(24,39)10/h21,23,25,27-29H,13-20,22H2,1-12H3,(H,40,45)(H,41,43)/t23-,25-,27-,28-,29+,35+,36-,37-,38+,39+/m0/s1. The van der Waals surface area contributed by atoms with Crippen LogP contribution in [-0.2, 0) is 23.9 Å². The van der Waals surface area contributed by atoms with Crippen molar-refractivity contribution in [2.75, 3.05) is 7.11 Å². The van der Waals surface area contributed by atoms with Crippen molar-refractivity contribution in [1.82, 2.24) is 10.6 Å². The maximum Gasteiger partial charge on any atom is 0.408 e. The van der Waals surface area contributed by atoms with Gasteiger partial charge in [0.25, 0.3) is 0 Å². The van der Waals surface area contributed by atoms with E-state index >= 15 is 0 Å². The van der Waals surface area contributed by atoms with Crippen LogP contribution in [0.15, 0.2) is 11.6 Å². The van der Waals surface area contributed by atoms with Gasteiger partial charge >= 0.3 is 12.1 Å². The van der Waals surface area contributed by atoms with E-state index in [1.165, 1.54) is 12.7 Å². The number of carbonyl (C=O) groups is 4. The predicted octanol–water partition coefficient (Wildman–Crippen LogP) is 7.54. The average molecular weight is 655 g/mol. The Morgan fingerprint density at radius 2 is 1.55 bits per heavy atom. The molecule has 0 saturated heterocycles. The van der Waals surface area contributed by atoms with Crippen molar-refractivity contribution in [2.45, 2.75) is 152 Å². The lowest BCUT2D eigenvalue weighted by Crippen LogP contribution is -2.68. The van der Waals surface area contributed by atoms with Gasteiger partial charge in [0, 0.05) is 12.0 Å². The summed E-state index contributed by atoms with van der Waals surface area (Å²) in [5.41, 5.74) is -0.600. The highest BCUT2D eigenvalue weighted by Gasteiger charge is 2.70. The minimum atomic E-state index is -0.732. The van der Waals surface area contributed by atoms with Crippen LogP contribution in [0, 0.1) is 50.2 Å². The van der Waals surface area contributed by atoms with Gasteiger partial charge in [-0.2, -0.15) is 0 Å². The lowest BCUT2D eigenvalue weighted by Gasteiger charge is -2.70. The quantitative estimate of drug-likeness (QED) is 0.303. The molecule has 2 N–H and O–H groups in total. The van der Waals surface area contributed by atoms with E-state index in [1.807, 2.05) is 0 Å². The summed E-state index contributed by atoms with van der Waals surface area (Å²) >= 11 is 0. The van der Waals surface area contributed by atoms with Gasteiger partial charge in [0.15, 0.2) is 5.78 Å². The number of hydrogen-bond donors (Lipinski definition) is 2. The molecule has 264 valence electrons. The van der Waals surface area contributed by atoms with Crippen LogP contribution < -0.4 is 10.6 Å². The van der Waals surface area contributed by atoms with E-state index in [9.17, 15) is 19.2 Å². The lowest BCUT2D eigenvalue weighted by atomic mass is 9.33. The number of esters is 1.